The average molecular weight is 943 g/mol. The first kappa shape index (κ1) is 42.7. The van der Waals surface area contributed by atoms with Crippen LogP contribution in [0.25, 0.3) is 126 Å². The molecule has 0 aliphatic carbocycles. The molecule has 3 heteroatoms. The van der Waals surface area contributed by atoms with Gasteiger partial charge in [-0.25, -0.2) is 0 Å². The number of hydrogen-bond donors (Lipinski definition) is 0. The quantitative estimate of drug-likeness (QED) is 0.107. The molecule has 0 fully saturated rings. The van der Waals surface area contributed by atoms with E-state index in [1.165, 1.54) is 181 Å². The number of fused-ring (bicyclic) bond motifs is 21. The van der Waals surface area contributed by atoms with Crippen molar-refractivity contribution in [1.29, 1.82) is 0 Å². The molecule has 0 N–H and O–H groups in total. The lowest BCUT2D eigenvalue weighted by molar-refractivity contribution is 0.795. The molecular formula is C66H54S3. The molecule has 0 saturated carbocycles. The molecule has 0 radical (unpaired) electrons. The van der Waals surface area contributed by atoms with Gasteiger partial charge < -0.3 is 0 Å². The van der Waals surface area contributed by atoms with Crippen LogP contribution < -0.4 is 0 Å². The second-order valence-electron chi connectivity index (χ2n) is 19.3. The Balaban J connectivity index is 1.22. The molecule has 10 aromatic carbocycles. The highest BCUT2D eigenvalue weighted by Crippen LogP contribution is 2.56. The van der Waals surface area contributed by atoms with Crippen LogP contribution in [0.5, 0.6) is 0 Å². The smallest absolute Gasteiger partial charge is 0.0440 e. The molecule has 0 spiro atoms. The molecule has 0 saturated heterocycles. The topological polar surface area (TPSA) is 0 Å². The van der Waals surface area contributed by atoms with Gasteiger partial charge in [-0.2, -0.15) is 0 Å². The maximum atomic E-state index is 2.51. The van der Waals surface area contributed by atoms with Crippen molar-refractivity contribution in [3.8, 4) is 31.3 Å². The van der Waals surface area contributed by atoms with Gasteiger partial charge in [-0.05, 0) is 122 Å². The van der Waals surface area contributed by atoms with Crippen molar-refractivity contribution >= 4 is 129 Å². The van der Waals surface area contributed by atoms with Crippen LogP contribution in [0, 0.1) is 0 Å². The summed E-state index contributed by atoms with van der Waals surface area (Å²) < 4.78 is 4.14. The fourth-order valence-electron chi connectivity index (χ4n) is 11.5. The Labute approximate surface area is 416 Å². The van der Waals surface area contributed by atoms with E-state index < -0.39 is 0 Å². The standard InChI is InChI=1S/C66H54S3/c1-4-7-16-40-25-31-43(32-26-40)55-37-52-46-19-10-13-22-49(46)58-61(64(52)67-55)59-50-23-14-11-20-47(50)53-38-56(44-33-27-41(28-34-44)17-8-5-2)69-66(53)63(59)60-51-24-15-12-21-48(51)54-39-57(68-65(54)62(58)60)45-35-29-42(30-36-45)18-9-6-3/h10-15,19-39H,4-9,16-18H2,1-3H3. The van der Waals surface area contributed by atoms with E-state index in [2.05, 4.69) is 185 Å². The van der Waals surface area contributed by atoms with Crippen LogP contribution in [0.15, 0.2) is 164 Å². The Morgan fingerprint density at radius 1 is 0.275 bits per heavy atom. The summed E-state index contributed by atoms with van der Waals surface area (Å²) >= 11 is 5.97. The van der Waals surface area contributed by atoms with Gasteiger partial charge in [-0.15, -0.1) is 34.0 Å². The van der Waals surface area contributed by atoms with Crippen molar-refractivity contribution in [3.05, 3.63) is 180 Å². The molecule has 13 aromatic rings. The number of hydrogen-bond acceptors (Lipinski definition) is 3. The Kier molecular flexibility index (Phi) is 10.9. The van der Waals surface area contributed by atoms with Gasteiger partial charge >= 0.3 is 0 Å². The van der Waals surface area contributed by atoms with Crippen LogP contribution >= 0.6 is 34.0 Å². The molecule has 0 amide bonds. The maximum absolute atomic E-state index is 2.51. The third kappa shape index (κ3) is 7.03. The molecule has 13 rings (SSSR count). The van der Waals surface area contributed by atoms with E-state index in [9.17, 15) is 0 Å². The van der Waals surface area contributed by atoms with E-state index in [1.54, 1.807) is 0 Å². The van der Waals surface area contributed by atoms with Gasteiger partial charge in [0.15, 0.2) is 0 Å². The minimum atomic E-state index is 1.13. The third-order valence-electron chi connectivity index (χ3n) is 15.0. The number of thiophene rings is 3. The van der Waals surface area contributed by atoms with Crippen LogP contribution in [0.4, 0.5) is 0 Å². The lowest BCUT2D eigenvalue weighted by Crippen LogP contribution is -1.90. The van der Waals surface area contributed by atoms with Crippen molar-refractivity contribution < 1.29 is 0 Å². The minimum absolute atomic E-state index is 1.13. The normalized spacial score (nSPS) is 12.2. The minimum Gasteiger partial charge on any atom is -0.135 e. The van der Waals surface area contributed by atoms with Crippen molar-refractivity contribution in [1.82, 2.24) is 0 Å². The first-order valence-corrected chi connectivity index (χ1v) is 27.8. The molecule has 0 unspecified atom stereocenters. The number of benzene rings is 10. The second kappa shape index (κ2) is 17.6. The maximum Gasteiger partial charge on any atom is 0.0440 e. The van der Waals surface area contributed by atoms with E-state index in [1.807, 2.05) is 34.0 Å². The van der Waals surface area contributed by atoms with Crippen molar-refractivity contribution in [2.24, 2.45) is 0 Å². The summed E-state index contributed by atoms with van der Waals surface area (Å²) in [5.74, 6) is 0. The van der Waals surface area contributed by atoms with Gasteiger partial charge in [-0.1, -0.05) is 186 Å². The van der Waals surface area contributed by atoms with E-state index in [-0.39, 0.29) is 0 Å². The van der Waals surface area contributed by atoms with Gasteiger partial charge in [0.05, 0.1) is 0 Å². The summed E-state index contributed by atoms with van der Waals surface area (Å²) in [4.78, 5) is 3.98. The molecular weight excluding hydrogens is 889 g/mol. The first-order valence-electron chi connectivity index (χ1n) is 25.3. The highest BCUT2D eigenvalue weighted by molar-refractivity contribution is 7.25. The summed E-state index contributed by atoms with van der Waals surface area (Å²) in [6, 6.07) is 63.9. The lowest BCUT2D eigenvalue weighted by atomic mass is 9.84. The Hall–Kier alpha value is -6.36. The molecule has 69 heavy (non-hydrogen) atoms. The number of unbranched alkanes of at least 4 members (excludes halogenated alkanes) is 3. The predicted octanol–water partition coefficient (Wildman–Crippen LogP) is 21.3. The lowest BCUT2D eigenvalue weighted by Gasteiger charge is -2.19. The molecule has 0 aliphatic rings. The molecule has 0 nitrogen and oxygen atoms in total. The number of rotatable bonds is 12. The molecule has 3 heterocycles. The highest BCUT2D eigenvalue weighted by Gasteiger charge is 2.26. The summed E-state index contributed by atoms with van der Waals surface area (Å²) in [5, 5.41) is 20.3. The van der Waals surface area contributed by atoms with Gasteiger partial charge in [0.2, 0.25) is 0 Å². The first-order chi connectivity index (χ1) is 34.1. The van der Waals surface area contributed by atoms with Crippen LogP contribution in [0.2, 0.25) is 0 Å². The zero-order valence-corrected chi connectivity index (χ0v) is 42.1. The predicted molar refractivity (Wildman–Crippen MR) is 310 cm³/mol. The molecule has 0 atom stereocenters. The fraction of sp³-hybridized carbons (Fsp3) is 0.182. The number of aryl methyl sites for hydroxylation is 3. The Bertz CT molecular complexity index is 3640. The fourth-order valence-corrected chi connectivity index (χ4v) is 15.2. The van der Waals surface area contributed by atoms with E-state index in [4.69, 9.17) is 0 Å². The zero-order chi connectivity index (χ0) is 46.2. The van der Waals surface area contributed by atoms with Crippen LogP contribution in [-0.4, -0.2) is 0 Å². The Morgan fingerprint density at radius 3 is 0.797 bits per heavy atom. The van der Waals surface area contributed by atoms with Crippen LogP contribution in [0.1, 0.15) is 76.0 Å². The molecule has 0 bridgehead atoms. The SMILES string of the molecule is CCCCc1ccc(-c2cc3c4ccccc4c4c(c3s2)c2c3ccccc3c3cc(-c5ccc(CCCC)cc5)sc3c2c2c3ccccc3c3cc(-c5ccc(CCCC)cc5)sc3c42)cc1. The van der Waals surface area contributed by atoms with Gasteiger partial charge in [0.25, 0.3) is 0 Å². The van der Waals surface area contributed by atoms with E-state index >= 15 is 0 Å². The average Bonchev–Trinajstić information content (AvgIpc) is 4.18. The third-order valence-corrected chi connectivity index (χ3v) is 18.6. The zero-order valence-electron chi connectivity index (χ0n) is 39.7. The van der Waals surface area contributed by atoms with E-state index in [0.29, 0.717) is 0 Å². The van der Waals surface area contributed by atoms with Gasteiger partial charge in [-0.3, -0.25) is 0 Å². The Morgan fingerprint density at radius 2 is 0.536 bits per heavy atom. The summed E-state index contributed by atoms with van der Waals surface area (Å²) in [6.07, 6.45) is 10.7. The van der Waals surface area contributed by atoms with Gasteiger partial charge in [0.1, 0.15) is 0 Å². The van der Waals surface area contributed by atoms with Crippen molar-refractivity contribution in [2.75, 3.05) is 0 Å². The van der Waals surface area contributed by atoms with Crippen LogP contribution in [-0.2, 0) is 19.3 Å². The summed E-state index contributed by atoms with van der Waals surface area (Å²) in [7, 11) is 0. The van der Waals surface area contributed by atoms with Crippen molar-refractivity contribution in [2.45, 2.75) is 78.6 Å². The monoisotopic (exact) mass is 942 g/mol. The highest BCUT2D eigenvalue weighted by atomic mass is 32.1. The van der Waals surface area contributed by atoms with E-state index in [0.717, 1.165) is 19.3 Å². The summed E-state index contributed by atoms with van der Waals surface area (Å²) in [6.45, 7) is 6.84. The van der Waals surface area contributed by atoms with Crippen LogP contribution in [0.3, 0.4) is 0 Å². The van der Waals surface area contributed by atoms with Gasteiger partial charge in [0, 0.05) is 77.2 Å². The van der Waals surface area contributed by atoms with Crippen molar-refractivity contribution in [3.63, 3.8) is 0 Å². The largest absolute Gasteiger partial charge is 0.135 e. The molecule has 336 valence electrons. The second-order valence-corrected chi connectivity index (χ2v) is 22.5. The summed E-state index contributed by atoms with van der Waals surface area (Å²) in [5.41, 5.74) is 8.16. The molecule has 0 aliphatic heterocycles. The molecule has 3 aromatic heterocycles.